The van der Waals surface area contributed by atoms with Gasteiger partial charge in [-0.1, -0.05) is 13.8 Å². The molecule has 1 aromatic carbocycles. The van der Waals surface area contributed by atoms with Crippen LogP contribution in [0.1, 0.15) is 30.9 Å². The average molecular weight is 204 g/mol. The van der Waals surface area contributed by atoms with Crippen LogP contribution in [0.3, 0.4) is 0 Å². The number of rotatable bonds is 1. The van der Waals surface area contributed by atoms with Gasteiger partial charge in [0.1, 0.15) is 5.82 Å². The van der Waals surface area contributed by atoms with Crippen molar-refractivity contribution in [2.24, 2.45) is 0 Å². The van der Waals surface area contributed by atoms with E-state index in [4.69, 9.17) is 0 Å². The highest BCUT2D eigenvalue weighted by atomic mass is 19.1. The quantitative estimate of drug-likeness (QED) is 0.712. The highest BCUT2D eigenvalue weighted by molar-refractivity contribution is 5.82. The van der Waals surface area contributed by atoms with Gasteiger partial charge in [0.05, 0.1) is 11.7 Å². The summed E-state index contributed by atoms with van der Waals surface area (Å²) >= 11 is 0. The lowest BCUT2D eigenvalue weighted by atomic mass is 9.99. The average Bonchev–Trinajstić information content (AvgIpc) is 2.18. The van der Waals surface area contributed by atoms with Gasteiger partial charge in [0.25, 0.3) is 0 Å². The zero-order chi connectivity index (χ0) is 11.0. The molecule has 0 aliphatic heterocycles. The second kappa shape index (κ2) is 3.57. The Labute approximate surface area is 88.1 Å². The monoisotopic (exact) mass is 204 g/mol. The van der Waals surface area contributed by atoms with Crippen LogP contribution in [0.2, 0.25) is 0 Å². The summed E-state index contributed by atoms with van der Waals surface area (Å²) < 4.78 is 13.4. The van der Waals surface area contributed by atoms with Crippen LogP contribution in [0.25, 0.3) is 10.9 Å². The van der Waals surface area contributed by atoms with Gasteiger partial charge in [-0.2, -0.15) is 10.2 Å². The molecule has 0 spiro atoms. The summed E-state index contributed by atoms with van der Waals surface area (Å²) in [5, 5.41) is 8.81. The van der Waals surface area contributed by atoms with E-state index in [9.17, 15) is 4.39 Å². The van der Waals surface area contributed by atoms with Gasteiger partial charge in [0, 0.05) is 5.39 Å². The molecule has 0 atom stereocenters. The van der Waals surface area contributed by atoms with E-state index in [0.717, 1.165) is 16.5 Å². The van der Waals surface area contributed by atoms with Crippen molar-refractivity contribution in [3.8, 4) is 0 Å². The van der Waals surface area contributed by atoms with Crippen molar-refractivity contribution in [2.45, 2.75) is 26.7 Å². The topological polar surface area (TPSA) is 25.8 Å². The number of nitrogens with zero attached hydrogens (tertiary/aromatic N) is 2. The number of hydrogen-bond donors (Lipinski definition) is 0. The Morgan fingerprint density at radius 2 is 2.00 bits per heavy atom. The molecule has 0 bridgehead atoms. The molecule has 0 amide bonds. The molecular formula is C12H13FN2. The number of benzene rings is 1. The van der Waals surface area contributed by atoms with Gasteiger partial charge in [0.15, 0.2) is 0 Å². The van der Waals surface area contributed by atoms with E-state index in [1.165, 1.54) is 0 Å². The van der Waals surface area contributed by atoms with Crippen LogP contribution < -0.4 is 0 Å². The molecule has 2 rings (SSSR count). The number of hydrogen-bond acceptors (Lipinski definition) is 2. The summed E-state index contributed by atoms with van der Waals surface area (Å²) in [4.78, 5) is 0. The van der Waals surface area contributed by atoms with E-state index in [1.54, 1.807) is 25.3 Å². The first-order valence-electron chi connectivity index (χ1n) is 5.01. The molecule has 0 fully saturated rings. The summed E-state index contributed by atoms with van der Waals surface area (Å²) in [6.45, 7) is 5.86. The van der Waals surface area contributed by atoms with Gasteiger partial charge in [-0.05, 0) is 36.1 Å². The Kier molecular flexibility index (Phi) is 2.39. The van der Waals surface area contributed by atoms with E-state index in [-0.39, 0.29) is 5.82 Å². The smallest absolute Gasteiger partial charge is 0.126 e. The number of fused-ring (bicyclic) bond motifs is 1. The van der Waals surface area contributed by atoms with E-state index in [1.807, 2.05) is 0 Å². The lowest BCUT2D eigenvalue weighted by molar-refractivity contribution is 0.620. The number of halogens is 1. The van der Waals surface area contributed by atoms with Crippen LogP contribution in [-0.4, -0.2) is 10.2 Å². The zero-order valence-corrected chi connectivity index (χ0v) is 9.08. The Morgan fingerprint density at radius 1 is 1.27 bits per heavy atom. The molecule has 0 aliphatic carbocycles. The molecule has 0 aliphatic rings. The molecule has 0 radical (unpaired) electrons. The molecule has 0 unspecified atom stereocenters. The number of aromatic nitrogens is 2. The predicted molar refractivity (Wildman–Crippen MR) is 58.3 cm³/mol. The molecule has 1 aromatic heterocycles. The third-order valence-corrected chi connectivity index (χ3v) is 2.57. The first kappa shape index (κ1) is 10.0. The fraction of sp³-hybridized carbons (Fsp3) is 0.333. The van der Waals surface area contributed by atoms with Gasteiger partial charge in [0.2, 0.25) is 0 Å². The van der Waals surface area contributed by atoms with Crippen molar-refractivity contribution in [3.63, 3.8) is 0 Å². The fourth-order valence-electron chi connectivity index (χ4n) is 1.66. The Hall–Kier alpha value is -1.51. The Morgan fingerprint density at radius 3 is 2.67 bits per heavy atom. The Bertz CT molecular complexity index is 506. The molecule has 2 aromatic rings. The lowest BCUT2D eigenvalue weighted by Gasteiger charge is -2.08. The van der Waals surface area contributed by atoms with Gasteiger partial charge in [-0.25, -0.2) is 4.39 Å². The van der Waals surface area contributed by atoms with Crippen LogP contribution in [0.5, 0.6) is 0 Å². The highest BCUT2D eigenvalue weighted by Crippen LogP contribution is 2.24. The van der Waals surface area contributed by atoms with Crippen molar-refractivity contribution >= 4 is 10.9 Å². The summed E-state index contributed by atoms with van der Waals surface area (Å²) in [6.07, 6.45) is 1.71. The fourth-order valence-corrected chi connectivity index (χ4v) is 1.66. The van der Waals surface area contributed by atoms with Crippen LogP contribution in [-0.2, 0) is 0 Å². The minimum atomic E-state index is -0.183. The predicted octanol–water partition coefficient (Wildman–Crippen LogP) is 3.20. The number of aryl methyl sites for hydroxylation is 1. The molecule has 78 valence electrons. The molecule has 0 saturated carbocycles. The van der Waals surface area contributed by atoms with Crippen molar-refractivity contribution < 1.29 is 4.39 Å². The third-order valence-electron chi connectivity index (χ3n) is 2.57. The largest absolute Gasteiger partial charge is 0.207 e. The molecule has 15 heavy (non-hydrogen) atoms. The molecule has 3 heteroatoms. The summed E-state index contributed by atoms with van der Waals surface area (Å²) in [5.74, 6) is 0.141. The standard InChI is InChI=1S/C12H13FN2/c1-7(2)10-6-14-15-12-4-8(3)11(13)5-9(10)12/h4-7H,1-3H3. The van der Waals surface area contributed by atoms with Crippen LogP contribution in [0.4, 0.5) is 4.39 Å². The van der Waals surface area contributed by atoms with Crippen molar-refractivity contribution in [2.75, 3.05) is 0 Å². The van der Waals surface area contributed by atoms with E-state index >= 15 is 0 Å². The van der Waals surface area contributed by atoms with Gasteiger partial charge < -0.3 is 0 Å². The molecular weight excluding hydrogens is 191 g/mol. The minimum Gasteiger partial charge on any atom is -0.207 e. The SMILES string of the molecule is Cc1cc2nncc(C(C)C)c2cc1F. The second-order valence-electron chi connectivity index (χ2n) is 4.07. The maximum Gasteiger partial charge on any atom is 0.126 e. The van der Waals surface area contributed by atoms with Gasteiger partial charge in [-0.3, -0.25) is 0 Å². The van der Waals surface area contributed by atoms with Crippen molar-refractivity contribution in [1.29, 1.82) is 0 Å². The second-order valence-corrected chi connectivity index (χ2v) is 4.07. The molecule has 0 N–H and O–H groups in total. The van der Waals surface area contributed by atoms with Gasteiger partial charge in [-0.15, -0.1) is 0 Å². The van der Waals surface area contributed by atoms with Crippen molar-refractivity contribution in [1.82, 2.24) is 10.2 Å². The lowest BCUT2D eigenvalue weighted by Crippen LogP contribution is -1.96. The third kappa shape index (κ3) is 1.69. The highest BCUT2D eigenvalue weighted by Gasteiger charge is 2.09. The summed E-state index contributed by atoms with van der Waals surface area (Å²) in [7, 11) is 0. The molecule has 2 nitrogen and oxygen atoms in total. The van der Waals surface area contributed by atoms with E-state index in [2.05, 4.69) is 24.0 Å². The van der Waals surface area contributed by atoms with Crippen LogP contribution in [0.15, 0.2) is 18.3 Å². The normalized spacial score (nSPS) is 11.3. The van der Waals surface area contributed by atoms with Crippen molar-refractivity contribution in [3.05, 3.63) is 35.3 Å². The van der Waals surface area contributed by atoms with E-state index in [0.29, 0.717) is 11.5 Å². The van der Waals surface area contributed by atoms with Gasteiger partial charge >= 0.3 is 0 Å². The zero-order valence-electron chi connectivity index (χ0n) is 9.08. The first-order chi connectivity index (χ1) is 7.09. The molecule has 0 saturated heterocycles. The molecule has 1 heterocycles. The maximum absolute atomic E-state index is 13.4. The summed E-state index contributed by atoms with van der Waals surface area (Å²) in [5.41, 5.74) is 2.41. The summed E-state index contributed by atoms with van der Waals surface area (Å²) in [6, 6.07) is 3.29. The van der Waals surface area contributed by atoms with Crippen LogP contribution in [0, 0.1) is 12.7 Å². The van der Waals surface area contributed by atoms with E-state index < -0.39 is 0 Å². The maximum atomic E-state index is 13.4. The van der Waals surface area contributed by atoms with Crippen LogP contribution >= 0.6 is 0 Å². The Balaban J connectivity index is 2.80. The minimum absolute atomic E-state index is 0.183. The first-order valence-corrected chi connectivity index (χ1v) is 5.01.